The van der Waals surface area contributed by atoms with Crippen LogP contribution in [0.2, 0.25) is 0 Å². The number of ether oxygens (including phenoxy) is 1. The van der Waals surface area contributed by atoms with Crippen LogP contribution in [0.3, 0.4) is 0 Å². The van der Waals surface area contributed by atoms with Crippen molar-refractivity contribution in [1.82, 2.24) is 20.1 Å². The molecule has 2 aromatic carbocycles. The number of piperidine rings is 1. The molecule has 1 aliphatic heterocycles. The van der Waals surface area contributed by atoms with Gasteiger partial charge in [0, 0.05) is 35.2 Å². The predicted molar refractivity (Wildman–Crippen MR) is 124 cm³/mol. The largest absolute Gasteiger partial charge is 0.492 e. The maximum atomic E-state index is 13.8. The van der Waals surface area contributed by atoms with E-state index in [0.717, 1.165) is 34.1 Å². The van der Waals surface area contributed by atoms with Crippen molar-refractivity contribution in [3.05, 3.63) is 48.7 Å². The summed E-state index contributed by atoms with van der Waals surface area (Å²) in [5, 5.41) is 9.44. The van der Waals surface area contributed by atoms with Crippen LogP contribution in [-0.4, -0.2) is 53.4 Å². The van der Waals surface area contributed by atoms with E-state index < -0.39 is 7.37 Å². The Bertz CT molecular complexity index is 1240. The molecule has 1 atom stereocenters. The normalized spacial score (nSPS) is 17.2. The van der Waals surface area contributed by atoms with Crippen LogP contribution in [0.25, 0.3) is 21.8 Å². The summed E-state index contributed by atoms with van der Waals surface area (Å²) in [4.78, 5) is 5.75. The maximum Gasteiger partial charge on any atom is 0.276 e. The van der Waals surface area contributed by atoms with Crippen molar-refractivity contribution in [3.8, 4) is 5.75 Å². The van der Waals surface area contributed by atoms with E-state index in [1.54, 1.807) is 6.20 Å². The second-order valence-electron chi connectivity index (χ2n) is 8.03. The van der Waals surface area contributed by atoms with Crippen LogP contribution in [0.4, 0.5) is 0 Å². The van der Waals surface area contributed by atoms with Gasteiger partial charge in [-0.3, -0.25) is 14.6 Å². The van der Waals surface area contributed by atoms with Gasteiger partial charge in [0.1, 0.15) is 17.8 Å². The van der Waals surface area contributed by atoms with Crippen molar-refractivity contribution in [3.63, 3.8) is 0 Å². The van der Waals surface area contributed by atoms with E-state index in [-0.39, 0.29) is 0 Å². The van der Waals surface area contributed by atoms with Gasteiger partial charge in [-0.1, -0.05) is 6.42 Å². The molecule has 31 heavy (non-hydrogen) atoms. The Morgan fingerprint density at radius 1 is 1.03 bits per heavy atom. The van der Waals surface area contributed by atoms with Crippen molar-refractivity contribution in [2.45, 2.75) is 19.3 Å². The van der Waals surface area contributed by atoms with E-state index in [2.05, 4.69) is 20.1 Å². The molecular formula is C23H27N4O3P. The van der Waals surface area contributed by atoms with Crippen LogP contribution in [0.15, 0.2) is 48.7 Å². The maximum absolute atomic E-state index is 13.8. The van der Waals surface area contributed by atoms with E-state index in [4.69, 9.17) is 9.26 Å². The lowest BCUT2D eigenvalue weighted by atomic mass is 10.1. The van der Waals surface area contributed by atoms with Gasteiger partial charge in [0.2, 0.25) is 0 Å². The smallest absolute Gasteiger partial charge is 0.276 e. The lowest BCUT2D eigenvalue weighted by Crippen LogP contribution is -2.33. The summed E-state index contributed by atoms with van der Waals surface area (Å²) in [7, 11) is -1.77. The highest BCUT2D eigenvalue weighted by atomic mass is 31.2. The fourth-order valence-corrected chi connectivity index (χ4v) is 6.12. The van der Waals surface area contributed by atoms with Crippen LogP contribution in [-0.2, 0) is 9.09 Å². The Morgan fingerprint density at radius 2 is 1.87 bits per heavy atom. The number of benzene rings is 2. The molecule has 7 nitrogen and oxygen atoms in total. The molecule has 0 amide bonds. The van der Waals surface area contributed by atoms with Gasteiger partial charge in [-0.15, -0.1) is 0 Å². The number of likely N-dealkylation sites (tertiary alicyclic amines) is 1. The highest BCUT2D eigenvalue weighted by molar-refractivity contribution is 7.74. The molecule has 4 aromatic rings. The van der Waals surface area contributed by atoms with E-state index in [1.807, 2.05) is 42.5 Å². The first-order valence-corrected chi connectivity index (χ1v) is 12.4. The van der Waals surface area contributed by atoms with Crippen molar-refractivity contribution in [2.75, 3.05) is 33.4 Å². The third-order valence-corrected chi connectivity index (χ3v) is 8.39. The highest BCUT2D eigenvalue weighted by Gasteiger charge is 2.30. The molecule has 0 bridgehead atoms. The zero-order valence-electron chi connectivity index (χ0n) is 17.6. The highest BCUT2D eigenvalue weighted by Crippen LogP contribution is 2.44. The molecule has 2 N–H and O–H groups in total. The number of H-pyrrole nitrogens is 2. The summed E-state index contributed by atoms with van der Waals surface area (Å²) in [6.07, 6.45) is 5.62. The number of hydrogen-bond donors (Lipinski definition) is 2. The third-order valence-electron chi connectivity index (χ3n) is 6.04. The number of fused-ring (bicyclic) bond motifs is 2. The zero-order valence-corrected chi connectivity index (χ0v) is 18.5. The first kappa shape index (κ1) is 20.3. The molecule has 0 spiro atoms. The molecule has 2 aromatic heterocycles. The van der Waals surface area contributed by atoms with Gasteiger partial charge in [-0.2, -0.15) is 5.10 Å². The number of aromatic amines is 2. The number of nitrogens with one attached hydrogen (secondary N) is 2. The zero-order chi connectivity index (χ0) is 21.3. The molecule has 8 heteroatoms. The van der Waals surface area contributed by atoms with Gasteiger partial charge in [0.15, 0.2) is 0 Å². The fraction of sp³-hybridized carbons (Fsp3) is 0.348. The molecule has 0 radical (unpaired) electrons. The first-order chi connectivity index (χ1) is 15.2. The summed E-state index contributed by atoms with van der Waals surface area (Å²) >= 11 is 0. The second kappa shape index (κ2) is 8.50. The summed E-state index contributed by atoms with van der Waals surface area (Å²) in [6, 6.07) is 13.4. The van der Waals surface area contributed by atoms with Crippen LogP contribution in [0, 0.1) is 0 Å². The Balaban J connectivity index is 1.37. The molecule has 5 rings (SSSR count). The number of rotatable bonds is 7. The Labute approximate surface area is 181 Å². The van der Waals surface area contributed by atoms with E-state index in [1.165, 1.54) is 39.5 Å². The topological polar surface area (TPSA) is 83.2 Å². The van der Waals surface area contributed by atoms with E-state index in [9.17, 15) is 4.57 Å². The molecular weight excluding hydrogens is 411 g/mol. The second-order valence-corrected chi connectivity index (χ2v) is 10.5. The summed E-state index contributed by atoms with van der Waals surface area (Å²) < 4.78 is 25.4. The van der Waals surface area contributed by atoms with Crippen LogP contribution in [0.1, 0.15) is 19.3 Å². The lowest BCUT2D eigenvalue weighted by Gasteiger charge is -2.26. The quantitative estimate of drug-likeness (QED) is 0.429. The lowest BCUT2D eigenvalue weighted by molar-refractivity contribution is 0.183. The van der Waals surface area contributed by atoms with Crippen LogP contribution >= 0.6 is 7.37 Å². The Morgan fingerprint density at radius 3 is 2.71 bits per heavy atom. The van der Waals surface area contributed by atoms with Gasteiger partial charge in [0.25, 0.3) is 7.37 Å². The van der Waals surface area contributed by atoms with Gasteiger partial charge >= 0.3 is 0 Å². The Kier molecular flexibility index (Phi) is 5.57. The SMILES string of the molecule is COP(=O)(c1ccc2[nH]ncc2c1)c1cc2cc(OCCN3CCCCC3)ccc2[nH]1. The van der Waals surface area contributed by atoms with Gasteiger partial charge in [-0.05, 0) is 68.4 Å². The molecule has 0 aliphatic carbocycles. The molecule has 162 valence electrons. The molecule has 1 aliphatic rings. The molecule has 0 saturated carbocycles. The summed E-state index contributed by atoms with van der Waals surface area (Å²) in [6.45, 7) is 3.96. The van der Waals surface area contributed by atoms with E-state index in [0.29, 0.717) is 17.3 Å². The molecule has 1 fully saturated rings. The van der Waals surface area contributed by atoms with Crippen molar-refractivity contribution in [2.24, 2.45) is 0 Å². The van der Waals surface area contributed by atoms with Crippen molar-refractivity contribution >= 4 is 39.9 Å². The van der Waals surface area contributed by atoms with Gasteiger partial charge in [0.05, 0.1) is 11.7 Å². The number of nitrogens with zero attached hydrogens (tertiary/aromatic N) is 2. The van der Waals surface area contributed by atoms with E-state index >= 15 is 0 Å². The number of hydrogen-bond acceptors (Lipinski definition) is 5. The van der Waals surface area contributed by atoms with Crippen LogP contribution < -0.4 is 15.5 Å². The third kappa shape index (κ3) is 4.01. The number of aromatic nitrogens is 3. The van der Waals surface area contributed by atoms with Gasteiger partial charge < -0.3 is 14.2 Å². The van der Waals surface area contributed by atoms with Crippen LogP contribution in [0.5, 0.6) is 5.75 Å². The van der Waals surface area contributed by atoms with Crippen molar-refractivity contribution < 1.29 is 13.8 Å². The average Bonchev–Trinajstić information content (AvgIpc) is 3.45. The molecule has 1 saturated heterocycles. The van der Waals surface area contributed by atoms with Crippen molar-refractivity contribution in [1.29, 1.82) is 0 Å². The minimum Gasteiger partial charge on any atom is -0.492 e. The molecule has 1 unspecified atom stereocenters. The minimum absolute atomic E-state index is 0.568. The Hall–Kier alpha value is -2.60. The fourth-order valence-electron chi connectivity index (χ4n) is 4.28. The summed E-state index contributed by atoms with van der Waals surface area (Å²) in [5.74, 6) is 0.821. The minimum atomic E-state index is -3.26. The standard InChI is InChI=1S/C23H27N4O3P/c1-29-31(28,20-6-8-22-18(14-20)16-24-26-22)23-15-17-13-19(5-7-21(17)25-23)30-12-11-27-9-3-2-4-10-27/h5-8,13-16,25H,2-4,9-12H2,1H3,(H,24,26). The van der Waals surface area contributed by atoms with Gasteiger partial charge in [-0.25, -0.2) is 0 Å². The molecule has 3 heterocycles. The predicted octanol–water partition coefficient (Wildman–Crippen LogP) is 3.78. The monoisotopic (exact) mass is 438 g/mol. The first-order valence-electron chi connectivity index (χ1n) is 10.7. The summed E-state index contributed by atoms with van der Waals surface area (Å²) in [5.41, 5.74) is 2.37. The average molecular weight is 438 g/mol.